The Morgan fingerprint density at radius 3 is 2.53 bits per heavy atom. The molecule has 0 radical (unpaired) electrons. The SMILES string of the molecule is COc1ccc2c(c1)C(=O)N(C#N)C2=O. The first kappa shape index (κ1) is 9.21. The zero-order chi connectivity index (χ0) is 11.0. The highest BCUT2D eigenvalue weighted by Gasteiger charge is 2.36. The quantitative estimate of drug-likeness (QED) is 0.498. The summed E-state index contributed by atoms with van der Waals surface area (Å²) in [5, 5.41) is 8.61. The van der Waals surface area contributed by atoms with Crippen molar-refractivity contribution in [2.24, 2.45) is 0 Å². The molecular formula is C10H6N2O3. The molecule has 5 heteroatoms. The third-order valence-electron chi connectivity index (χ3n) is 2.19. The van der Waals surface area contributed by atoms with E-state index < -0.39 is 11.8 Å². The van der Waals surface area contributed by atoms with Crippen molar-refractivity contribution in [1.82, 2.24) is 4.90 Å². The van der Waals surface area contributed by atoms with E-state index in [0.29, 0.717) is 10.6 Å². The summed E-state index contributed by atoms with van der Waals surface area (Å²) in [6, 6.07) is 4.50. The Labute approximate surface area is 85.5 Å². The van der Waals surface area contributed by atoms with Gasteiger partial charge < -0.3 is 4.74 Å². The molecule has 0 N–H and O–H groups in total. The molecule has 1 aromatic carbocycles. The second-order valence-corrected chi connectivity index (χ2v) is 2.96. The number of methoxy groups -OCH3 is 1. The van der Waals surface area contributed by atoms with Gasteiger partial charge in [-0.25, -0.2) is 0 Å². The largest absolute Gasteiger partial charge is 0.497 e. The van der Waals surface area contributed by atoms with Crippen LogP contribution < -0.4 is 4.74 Å². The zero-order valence-electron chi connectivity index (χ0n) is 7.85. The molecule has 0 aromatic heterocycles. The van der Waals surface area contributed by atoms with E-state index in [1.165, 1.54) is 19.2 Å². The molecule has 1 aliphatic heterocycles. The Bertz CT molecular complexity index is 502. The van der Waals surface area contributed by atoms with E-state index in [0.717, 1.165) is 0 Å². The molecule has 0 atom stereocenters. The van der Waals surface area contributed by atoms with Gasteiger partial charge in [-0.1, -0.05) is 0 Å². The molecule has 1 aliphatic rings. The number of carbonyl (C=O) groups is 2. The summed E-state index contributed by atoms with van der Waals surface area (Å²) in [5.74, 6) is -0.703. The van der Waals surface area contributed by atoms with Crippen LogP contribution in [0.15, 0.2) is 18.2 Å². The fourth-order valence-electron chi connectivity index (χ4n) is 1.44. The summed E-state index contributed by atoms with van der Waals surface area (Å²) in [7, 11) is 1.46. The van der Waals surface area contributed by atoms with Crippen molar-refractivity contribution >= 4 is 11.8 Å². The van der Waals surface area contributed by atoms with Crippen molar-refractivity contribution in [1.29, 1.82) is 5.26 Å². The van der Waals surface area contributed by atoms with E-state index in [4.69, 9.17) is 10.00 Å². The van der Waals surface area contributed by atoms with Gasteiger partial charge in [0.1, 0.15) is 5.75 Å². The van der Waals surface area contributed by atoms with Crippen molar-refractivity contribution < 1.29 is 14.3 Å². The van der Waals surface area contributed by atoms with E-state index in [1.807, 2.05) is 0 Å². The number of nitrogens with zero attached hydrogens (tertiary/aromatic N) is 2. The lowest BCUT2D eigenvalue weighted by molar-refractivity contribution is 0.0732. The van der Waals surface area contributed by atoms with Crippen LogP contribution in [0.25, 0.3) is 0 Å². The predicted molar refractivity (Wildman–Crippen MR) is 49.1 cm³/mol. The highest BCUT2D eigenvalue weighted by molar-refractivity contribution is 6.22. The number of carbonyl (C=O) groups excluding carboxylic acids is 2. The van der Waals surface area contributed by atoms with Crippen LogP contribution in [0.1, 0.15) is 20.7 Å². The van der Waals surface area contributed by atoms with Crippen molar-refractivity contribution in [2.45, 2.75) is 0 Å². The summed E-state index contributed by atoms with van der Waals surface area (Å²) >= 11 is 0. The second kappa shape index (κ2) is 3.10. The number of benzene rings is 1. The van der Waals surface area contributed by atoms with Gasteiger partial charge in [-0.05, 0) is 18.2 Å². The maximum Gasteiger partial charge on any atom is 0.275 e. The third-order valence-corrected chi connectivity index (χ3v) is 2.19. The standard InChI is InChI=1S/C10H6N2O3/c1-15-6-2-3-7-8(4-6)10(14)12(5-11)9(7)13/h2-4H,1H3. The first-order chi connectivity index (χ1) is 7.19. The van der Waals surface area contributed by atoms with Crippen molar-refractivity contribution in [2.75, 3.05) is 7.11 Å². The van der Waals surface area contributed by atoms with Gasteiger partial charge in [0, 0.05) is 0 Å². The number of imide groups is 1. The maximum absolute atomic E-state index is 11.5. The summed E-state index contributed by atoms with van der Waals surface area (Å²) in [6.45, 7) is 0. The van der Waals surface area contributed by atoms with Crippen LogP contribution >= 0.6 is 0 Å². The molecule has 1 heterocycles. The first-order valence-electron chi connectivity index (χ1n) is 4.15. The number of rotatable bonds is 1. The van der Waals surface area contributed by atoms with Crippen molar-refractivity contribution in [3.05, 3.63) is 29.3 Å². The third kappa shape index (κ3) is 1.15. The minimum absolute atomic E-state index is 0.209. The van der Waals surface area contributed by atoms with E-state index in [9.17, 15) is 9.59 Å². The van der Waals surface area contributed by atoms with Crippen LogP contribution in [0, 0.1) is 11.5 Å². The lowest BCUT2D eigenvalue weighted by Gasteiger charge is -1.99. The summed E-state index contributed by atoms with van der Waals surface area (Å²) < 4.78 is 4.93. The topological polar surface area (TPSA) is 70.4 Å². The molecule has 0 fully saturated rings. The van der Waals surface area contributed by atoms with Crippen molar-refractivity contribution in [3.8, 4) is 11.9 Å². The number of amides is 2. The van der Waals surface area contributed by atoms with Gasteiger partial charge in [0.2, 0.25) is 0 Å². The fraction of sp³-hybridized carbons (Fsp3) is 0.100. The fourth-order valence-corrected chi connectivity index (χ4v) is 1.44. The van der Waals surface area contributed by atoms with Gasteiger partial charge in [-0.3, -0.25) is 9.59 Å². The lowest BCUT2D eigenvalue weighted by atomic mass is 10.1. The molecule has 2 amide bonds. The minimum Gasteiger partial charge on any atom is -0.497 e. The van der Waals surface area contributed by atoms with Gasteiger partial charge >= 0.3 is 0 Å². The van der Waals surface area contributed by atoms with E-state index in [2.05, 4.69) is 0 Å². The molecular weight excluding hydrogens is 196 g/mol. The normalized spacial score (nSPS) is 13.7. The molecule has 0 unspecified atom stereocenters. The molecule has 0 aliphatic carbocycles. The highest BCUT2D eigenvalue weighted by atomic mass is 16.5. The van der Waals surface area contributed by atoms with Gasteiger partial charge in [0.05, 0.1) is 18.2 Å². The summed E-state index contributed by atoms with van der Waals surface area (Å²) in [4.78, 5) is 23.5. The smallest absolute Gasteiger partial charge is 0.275 e. The average Bonchev–Trinajstić information content (AvgIpc) is 2.51. The number of ether oxygens (including phenoxy) is 1. The van der Waals surface area contributed by atoms with E-state index >= 15 is 0 Å². The molecule has 15 heavy (non-hydrogen) atoms. The first-order valence-corrected chi connectivity index (χ1v) is 4.15. The molecule has 1 aromatic rings. The highest BCUT2D eigenvalue weighted by Crippen LogP contribution is 2.25. The second-order valence-electron chi connectivity index (χ2n) is 2.96. The van der Waals surface area contributed by atoms with Crippen LogP contribution in [0.2, 0.25) is 0 Å². The van der Waals surface area contributed by atoms with Crippen LogP contribution in [0.4, 0.5) is 0 Å². The number of nitriles is 1. The lowest BCUT2D eigenvalue weighted by Crippen LogP contribution is -2.23. The summed E-state index contributed by atoms with van der Waals surface area (Å²) in [5.41, 5.74) is 0.447. The Morgan fingerprint density at radius 2 is 1.93 bits per heavy atom. The Kier molecular flexibility index (Phi) is 1.90. The summed E-state index contributed by atoms with van der Waals surface area (Å²) in [6.07, 6.45) is 1.54. The molecule has 0 spiro atoms. The maximum atomic E-state index is 11.5. The van der Waals surface area contributed by atoms with Gasteiger partial charge in [-0.15, -0.1) is 0 Å². The Morgan fingerprint density at radius 1 is 1.27 bits per heavy atom. The minimum atomic E-state index is -0.601. The van der Waals surface area contributed by atoms with Gasteiger partial charge in [0.25, 0.3) is 11.8 Å². The molecule has 2 rings (SSSR count). The van der Waals surface area contributed by atoms with Crippen LogP contribution in [-0.2, 0) is 0 Å². The molecule has 0 bridgehead atoms. The number of hydrogen-bond donors (Lipinski definition) is 0. The Balaban J connectivity index is 2.59. The number of fused-ring (bicyclic) bond motifs is 1. The van der Waals surface area contributed by atoms with Crippen LogP contribution in [0.3, 0.4) is 0 Å². The molecule has 0 saturated carbocycles. The van der Waals surface area contributed by atoms with Crippen molar-refractivity contribution in [3.63, 3.8) is 0 Å². The molecule has 5 nitrogen and oxygen atoms in total. The van der Waals surface area contributed by atoms with Gasteiger partial charge in [0.15, 0.2) is 6.19 Å². The van der Waals surface area contributed by atoms with Crippen LogP contribution in [-0.4, -0.2) is 23.8 Å². The average molecular weight is 202 g/mol. The Hall–Kier alpha value is -2.35. The van der Waals surface area contributed by atoms with E-state index in [-0.39, 0.29) is 11.1 Å². The zero-order valence-corrected chi connectivity index (χ0v) is 7.85. The molecule has 0 saturated heterocycles. The number of hydrogen-bond acceptors (Lipinski definition) is 4. The van der Waals surface area contributed by atoms with E-state index in [1.54, 1.807) is 12.3 Å². The van der Waals surface area contributed by atoms with Crippen LogP contribution in [0.5, 0.6) is 5.75 Å². The monoisotopic (exact) mass is 202 g/mol. The van der Waals surface area contributed by atoms with Gasteiger partial charge in [-0.2, -0.15) is 10.2 Å². The molecule has 74 valence electrons. The predicted octanol–water partition coefficient (Wildman–Crippen LogP) is 0.772.